The largest absolute Gasteiger partial charge is 0.398 e. The fourth-order valence-corrected chi connectivity index (χ4v) is 1.84. The monoisotopic (exact) mass is 149 g/mol. The third-order valence-electron chi connectivity index (χ3n) is 1.53. The predicted octanol–water partition coefficient (Wildman–Crippen LogP) is 2.48. The Labute approximate surface area is 63.1 Å². The normalized spacial score (nSPS) is 10.4. The maximum absolute atomic E-state index is 5.71. The van der Waals surface area contributed by atoms with Crippen LogP contribution in [0.15, 0.2) is 29.6 Å². The van der Waals surface area contributed by atoms with Gasteiger partial charge in [-0.2, -0.15) is 0 Å². The topological polar surface area (TPSA) is 26.0 Å². The molecular formula is C8H7NS. The molecule has 0 saturated heterocycles. The Balaban J connectivity index is 2.95. The van der Waals surface area contributed by atoms with E-state index in [4.69, 9.17) is 5.73 Å². The molecule has 0 aliphatic rings. The number of benzene rings is 1. The van der Waals surface area contributed by atoms with Crippen LogP contribution in [0.1, 0.15) is 0 Å². The molecule has 0 bridgehead atoms. The molecule has 0 saturated carbocycles. The number of fused-ring (bicyclic) bond motifs is 1. The van der Waals surface area contributed by atoms with Crippen molar-refractivity contribution < 1.29 is 0 Å². The van der Waals surface area contributed by atoms with Crippen LogP contribution in [-0.2, 0) is 0 Å². The molecule has 0 radical (unpaired) electrons. The lowest BCUT2D eigenvalue weighted by Gasteiger charge is -1.92. The van der Waals surface area contributed by atoms with Crippen molar-refractivity contribution in [1.82, 2.24) is 0 Å². The van der Waals surface area contributed by atoms with Crippen LogP contribution in [0.25, 0.3) is 10.1 Å². The Morgan fingerprint density at radius 3 is 2.90 bits per heavy atom. The zero-order valence-electron chi connectivity index (χ0n) is 5.37. The number of nitrogen functional groups attached to an aromatic ring is 1. The molecule has 1 aromatic heterocycles. The van der Waals surface area contributed by atoms with Gasteiger partial charge in [-0.05, 0) is 23.6 Å². The van der Waals surface area contributed by atoms with Gasteiger partial charge in [0.1, 0.15) is 0 Å². The van der Waals surface area contributed by atoms with Crippen molar-refractivity contribution in [2.45, 2.75) is 0 Å². The molecule has 0 aliphatic carbocycles. The van der Waals surface area contributed by atoms with Crippen LogP contribution in [0.2, 0.25) is 0 Å². The molecule has 2 aromatic rings. The van der Waals surface area contributed by atoms with Crippen LogP contribution >= 0.6 is 11.3 Å². The van der Waals surface area contributed by atoms with Gasteiger partial charge in [0.2, 0.25) is 0 Å². The Morgan fingerprint density at radius 2 is 2.10 bits per heavy atom. The van der Waals surface area contributed by atoms with Crippen molar-refractivity contribution >= 4 is 27.1 Å². The van der Waals surface area contributed by atoms with E-state index in [0.717, 1.165) is 5.69 Å². The summed E-state index contributed by atoms with van der Waals surface area (Å²) in [5, 5.41) is 3.23. The molecule has 10 heavy (non-hydrogen) atoms. The average Bonchev–Trinajstić information content (AvgIpc) is 2.36. The van der Waals surface area contributed by atoms with E-state index in [1.54, 1.807) is 11.3 Å². The number of nitrogens with two attached hydrogens (primary N) is 1. The van der Waals surface area contributed by atoms with Crippen molar-refractivity contribution in [3.63, 3.8) is 0 Å². The van der Waals surface area contributed by atoms with Crippen molar-refractivity contribution in [2.24, 2.45) is 0 Å². The van der Waals surface area contributed by atoms with E-state index in [1.807, 2.05) is 12.1 Å². The highest BCUT2D eigenvalue weighted by molar-refractivity contribution is 7.17. The second-order valence-corrected chi connectivity index (χ2v) is 3.13. The molecule has 0 aliphatic heterocycles. The average molecular weight is 149 g/mol. The van der Waals surface area contributed by atoms with E-state index in [1.165, 1.54) is 10.1 Å². The molecule has 0 unspecified atom stereocenters. The van der Waals surface area contributed by atoms with Crippen LogP contribution in [0.3, 0.4) is 0 Å². The summed E-state index contributed by atoms with van der Waals surface area (Å²) < 4.78 is 1.26. The maximum atomic E-state index is 5.71. The van der Waals surface area contributed by atoms with Crippen LogP contribution in [0, 0.1) is 0 Å². The first-order valence-electron chi connectivity index (χ1n) is 3.09. The first-order chi connectivity index (χ1) is 4.88. The molecule has 1 nitrogen and oxygen atoms in total. The summed E-state index contributed by atoms with van der Waals surface area (Å²) in [6.45, 7) is 0. The summed E-state index contributed by atoms with van der Waals surface area (Å²) in [6, 6.07) is 8.04. The third-order valence-corrected chi connectivity index (χ3v) is 2.41. The lowest BCUT2D eigenvalue weighted by atomic mass is 10.2. The van der Waals surface area contributed by atoms with Gasteiger partial charge in [-0.25, -0.2) is 0 Å². The highest BCUT2D eigenvalue weighted by atomic mass is 32.1. The van der Waals surface area contributed by atoms with E-state index in [-0.39, 0.29) is 0 Å². The zero-order valence-corrected chi connectivity index (χ0v) is 6.19. The van der Waals surface area contributed by atoms with Crippen molar-refractivity contribution in [2.75, 3.05) is 5.73 Å². The number of anilines is 1. The van der Waals surface area contributed by atoms with Crippen LogP contribution < -0.4 is 5.73 Å². The molecule has 2 rings (SSSR count). The Bertz CT molecular complexity index is 351. The Morgan fingerprint density at radius 1 is 1.20 bits per heavy atom. The fraction of sp³-hybridized carbons (Fsp3) is 0. The first-order valence-corrected chi connectivity index (χ1v) is 3.97. The molecule has 2 N–H and O–H groups in total. The summed E-state index contributed by atoms with van der Waals surface area (Å²) in [6.07, 6.45) is 0. The summed E-state index contributed by atoms with van der Waals surface area (Å²) in [4.78, 5) is 0. The van der Waals surface area contributed by atoms with E-state index in [2.05, 4.69) is 17.5 Å². The standard InChI is InChI=1S/C8H7NS/c9-7-2-1-3-8-6(7)4-5-10-8/h1-5H,9H2. The second kappa shape index (κ2) is 1.99. The fourth-order valence-electron chi connectivity index (χ4n) is 1.02. The molecule has 2 heteroatoms. The van der Waals surface area contributed by atoms with Gasteiger partial charge in [-0.3, -0.25) is 0 Å². The lowest BCUT2D eigenvalue weighted by molar-refractivity contribution is 1.80. The van der Waals surface area contributed by atoms with E-state index >= 15 is 0 Å². The van der Waals surface area contributed by atoms with Gasteiger partial charge in [0.05, 0.1) is 0 Å². The first kappa shape index (κ1) is 5.74. The van der Waals surface area contributed by atoms with Crippen molar-refractivity contribution in [1.29, 1.82) is 0 Å². The summed E-state index contributed by atoms with van der Waals surface area (Å²) >= 11 is 1.72. The molecule has 0 spiro atoms. The van der Waals surface area contributed by atoms with Gasteiger partial charge in [0, 0.05) is 15.8 Å². The smallest absolute Gasteiger partial charge is 0.0402 e. The Hall–Kier alpha value is -1.02. The van der Waals surface area contributed by atoms with Gasteiger partial charge in [0.15, 0.2) is 0 Å². The third kappa shape index (κ3) is 0.693. The molecular weight excluding hydrogens is 142 g/mol. The molecule has 0 atom stereocenters. The van der Waals surface area contributed by atoms with E-state index in [0.29, 0.717) is 0 Å². The molecule has 50 valence electrons. The van der Waals surface area contributed by atoms with E-state index < -0.39 is 0 Å². The minimum atomic E-state index is 0.874. The van der Waals surface area contributed by atoms with Crippen LogP contribution in [-0.4, -0.2) is 0 Å². The van der Waals surface area contributed by atoms with Gasteiger partial charge in [-0.15, -0.1) is 11.3 Å². The van der Waals surface area contributed by atoms with Gasteiger partial charge >= 0.3 is 0 Å². The van der Waals surface area contributed by atoms with Crippen LogP contribution in [0.5, 0.6) is 0 Å². The van der Waals surface area contributed by atoms with Crippen molar-refractivity contribution in [3.05, 3.63) is 29.6 Å². The number of hydrogen-bond donors (Lipinski definition) is 1. The molecule has 1 heterocycles. The maximum Gasteiger partial charge on any atom is 0.0402 e. The zero-order chi connectivity index (χ0) is 6.97. The molecule has 0 fully saturated rings. The molecule has 1 aromatic carbocycles. The second-order valence-electron chi connectivity index (χ2n) is 2.18. The minimum absolute atomic E-state index is 0.874. The van der Waals surface area contributed by atoms with Crippen LogP contribution in [0.4, 0.5) is 5.69 Å². The summed E-state index contributed by atoms with van der Waals surface area (Å²) in [5.74, 6) is 0. The van der Waals surface area contributed by atoms with E-state index in [9.17, 15) is 0 Å². The highest BCUT2D eigenvalue weighted by Crippen LogP contribution is 2.24. The summed E-state index contributed by atoms with van der Waals surface area (Å²) in [7, 11) is 0. The predicted molar refractivity (Wildman–Crippen MR) is 46.2 cm³/mol. The summed E-state index contributed by atoms with van der Waals surface area (Å²) in [5.41, 5.74) is 6.58. The lowest BCUT2D eigenvalue weighted by Crippen LogP contribution is -1.82. The minimum Gasteiger partial charge on any atom is -0.398 e. The highest BCUT2D eigenvalue weighted by Gasteiger charge is 1.95. The van der Waals surface area contributed by atoms with Gasteiger partial charge in [0.25, 0.3) is 0 Å². The van der Waals surface area contributed by atoms with Crippen molar-refractivity contribution in [3.8, 4) is 0 Å². The SMILES string of the molecule is Nc1cccc2sccc12. The number of thiophene rings is 1. The number of rotatable bonds is 0. The molecule has 0 amide bonds. The number of hydrogen-bond acceptors (Lipinski definition) is 2. The Kier molecular flexibility index (Phi) is 1.14. The van der Waals surface area contributed by atoms with Gasteiger partial charge in [-0.1, -0.05) is 6.07 Å². The van der Waals surface area contributed by atoms with Gasteiger partial charge < -0.3 is 5.73 Å². The quantitative estimate of drug-likeness (QED) is 0.572.